The Labute approximate surface area is 188 Å². The van der Waals surface area contributed by atoms with Crippen LogP contribution in [0.4, 0.5) is 57.1 Å². The van der Waals surface area contributed by atoms with E-state index in [0.29, 0.717) is 13.8 Å². The first-order valence-corrected chi connectivity index (χ1v) is 9.11. The Kier molecular flexibility index (Phi) is 6.64. The van der Waals surface area contributed by atoms with Crippen molar-refractivity contribution in [1.29, 1.82) is 0 Å². The van der Waals surface area contributed by atoms with Crippen LogP contribution in [0.3, 0.4) is 0 Å². The van der Waals surface area contributed by atoms with E-state index in [0.717, 1.165) is 0 Å². The van der Waals surface area contributed by atoms with Gasteiger partial charge in [-0.25, -0.2) is 62.5 Å². The molecule has 0 N–H and O–H groups in total. The van der Waals surface area contributed by atoms with Crippen LogP contribution in [-0.4, -0.2) is 7.28 Å². The lowest BCUT2D eigenvalue weighted by Gasteiger charge is -2.41. The summed E-state index contributed by atoms with van der Waals surface area (Å²) in [5, 5.41) is -2.53. The van der Waals surface area contributed by atoms with Crippen molar-refractivity contribution in [2.75, 3.05) is 0 Å². The van der Waals surface area contributed by atoms with Crippen molar-refractivity contribution in [2.45, 2.75) is 19.2 Å². The van der Waals surface area contributed by atoms with Gasteiger partial charge in [0, 0.05) is 6.07 Å². The molecule has 2 radical (unpaired) electrons. The first kappa shape index (κ1) is 26.4. The maximum absolute atomic E-state index is 14.7. The van der Waals surface area contributed by atoms with Crippen LogP contribution in [0.5, 0.6) is 0 Å². The second-order valence-corrected chi connectivity index (χ2v) is 7.70. The highest BCUT2D eigenvalue weighted by Crippen LogP contribution is 2.36. The van der Waals surface area contributed by atoms with Crippen molar-refractivity contribution in [3.63, 3.8) is 0 Å². The molecule has 0 atom stereocenters. The van der Waals surface area contributed by atoms with Crippen LogP contribution >= 0.6 is 0 Å². The van der Waals surface area contributed by atoms with Crippen molar-refractivity contribution >= 4 is 12.7 Å². The van der Waals surface area contributed by atoms with Crippen LogP contribution < -0.4 is 5.46 Å². The summed E-state index contributed by atoms with van der Waals surface area (Å²) >= 11 is 0. The van der Waals surface area contributed by atoms with E-state index in [1.807, 2.05) is 0 Å². The largest absolute Gasteiger partial charge is 0.278 e. The van der Waals surface area contributed by atoms with Gasteiger partial charge in [0.1, 0.15) is 5.82 Å². The molecule has 3 rings (SSSR count). The van der Waals surface area contributed by atoms with E-state index in [1.165, 1.54) is 0 Å². The van der Waals surface area contributed by atoms with Crippen LogP contribution in [0.2, 0.25) is 0 Å². The zero-order valence-electron chi connectivity index (χ0n) is 17.1. The minimum absolute atomic E-state index is 0.0711. The summed E-state index contributed by atoms with van der Waals surface area (Å²) < 4.78 is 183. The SMILES string of the molecule is CC(C)([B-]c1c(F)c(F)c(F)c(F)c1-c1c(F)c(F)c(F)c(F)c1F)c1c(F)c(F)cc(F)c1F. The first-order valence-electron chi connectivity index (χ1n) is 9.11. The number of halogens is 13. The maximum Gasteiger partial charge on any atom is 0.200 e. The van der Waals surface area contributed by atoms with Crippen molar-refractivity contribution in [3.8, 4) is 11.1 Å². The third-order valence-electron chi connectivity index (χ3n) is 5.02. The summed E-state index contributed by atoms with van der Waals surface area (Å²) in [5.74, 6) is -32.2. The Hall–Kier alpha value is -3.19. The van der Waals surface area contributed by atoms with Gasteiger partial charge in [-0.1, -0.05) is 13.8 Å². The highest BCUT2D eigenvalue weighted by Gasteiger charge is 2.33. The van der Waals surface area contributed by atoms with Gasteiger partial charge in [0.2, 0.25) is 5.82 Å². The molecule has 0 saturated carbocycles. The smallest absolute Gasteiger partial charge is 0.200 e. The van der Waals surface area contributed by atoms with E-state index in [4.69, 9.17) is 0 Å². The van der Waals surface area contributed by atoms with Gasteiger partial charge in [0.15, 0.2) is 64.0 Å². The lowest BCUT2D eigenvalue weighted by atomic mass is 9.46. The van der Waals surface area contributed by atoms with Crippen LogP contribution in [0.1, 0.15) is 19.4 Å². The maximum atomic E-state index is 14.7. The van der Waals surface area contributed by atoms with Gasteiger partial charge in [-0.05, 0) is 11.1 Å². The molecule has 0 bridgehead atoms. The van der Waals surface area contributed by atoms with Crippen molar-refractivity contribution in [3.05, 3.63) is 87.3 Å². The number of benzene rings is 3. The molecule has 0 saturated heterocycles. The standard InChI is InChI=1S/C21H7BF13/c1-21(2,8-10(25)4(23)3-5(24)11(8)26)22-9-6(12(27)16(31)19(34)15(9)30)7-13(28)17(32)20(35)18(33)14(7)29/h3H,1-2H3/q-1. The summed E-state index contributed by atoms with van der Waals surface area (Å²) in [6.45, 7) is 1.38. The summed E-state index contributed by atoms with van der Waals surface area (Å²) in [6, 6.07) is -0.206. The van der Waals surface area contributed by atoms with E-state index in [2.05, 4.69) is 0 Å². The molecule has 0 aliphatic carbocycles. The Morgan fingerprint density at radius 3 is 1.23 bits per heavy atom. The van der Waals surface area contributed by atoms with Crippen LogP contribution in [-0.2, 0) is 5.31 Å². The second-order valence-electron chi connectivity index (χ2n) is 7.70. The molecule has 0 amide bonds. The Balaban J connectivity index is 2.43. The zero-order valence-corrected chi connectivity index (χ0v) is 17.1. The van der Waals surface area contributed by atoms with E-state index in [1.54, 1.807) is 0 Å². The van der Waals surface area contributed by atoms with Crippen LogP contribution in [0, 0.1) is 75.6 Å². The van der Waals surface area contributed by atoms with Gasteiger partial charge >= 0.3 is 0 Å². The fraction of sp³-hybridized carbons (Fsp3) is 0.143. The molecular formula is C21H7BF13-. The van der Waals surface area contributed by atoms with Crippen molar-refractivity contribution in [1.82, 2.24) is 0 Å². The molecule has 0 aliphatic rings. The topological polar surface area (TPSA) is 0 Å². The number of rotatable bonds is 4. The van der Waals surface area contributed by atoms with Crippen molar-refractivity contribution < 1.29 is 57.1 Å². The highest BCUT2D eigenvalue weighted by atomic mass is 19.2. The average molecular weight is 517 g/mol. The predicted octanol–water partition coefficient (Wildman–Crippen LogP) is 6.43. The first-order chi connectivity index (χ1) is 16.0. The number of hydrogen-bond acceptors (Lipinski definition) is 0. The van der Waals surface area contributed by atoms with Gasteiger partial charge in [-0.2, -0.15) is 5.31 Å². The van der Waals surface area contributed by atoms with E-state index in [-0.39, 0.29) is 13.3 Å². The molecule has 0 spiro atoms. The lowest BCUT2D eigenvalue weighted by molar-refractivity contribution is 0.379. The van der Waals surface area contributed by atoms with Gasteiger partial charge in [-0.15, -0.1) is 0 Å². The zero-order chi connectivity index (χ0) is 26.7. The van der Waals surface area contributed by atoms with Gasteiger partial charge in [0.25, 0.3) is 0 Å². The third-order valence-corrected chi connectivity index (χ3v) is 5.02. The van der Waals surface area contributed by atoms with E-state index < -0.39 is 103 Å². The molecule has 0 nitrogen and oxygen atoms in total. The second kappa shape index (κ2) is 8.79. The molecule has 0 aromatic heterocycles. The predicted molar refractivity (Wildman–Crippen MR) is 96.2 cm³/mol. The summed E-state index contributed by atoms with van der Waals surface area (Å²) in [7, 11) is 0.0711. The molecule has 0 aliphatic heterocycles. The average Bonchev–Trinajstić information content (AvgIpc) is 2.79. The van der Waals surface area contributed by atoms with Crippen LogP contribution in [0.15, 0.2) is 6.07 Å². The molecule has 186 valence electrons. The molecule has 0 fully saturated rings. The third kappa shape index (κ3) is 4.02. The van der Waals surface area contributed by atoms with Gasteiger partial charge in [-0.3, -0.25) is 7.28 Å². The number of hydrogen-bond donors (Lipinski definition) is 0. The van der Waals surface area contributed by atoms with Crippen molar-refractivity contribution in [2.24, 2.45) is 0 Å². The summed E-state index contributed by atoms with van der Waals surface area (Å²) in [5.41, 5.74) is -7.58. The molecule has 14 heteroatoms. The minimum Gasteiger partial charge on any atom is -0.278 e. The molecule has 3 aromatic rings. The highest BCUT2D eigenvalue weighted by molar-refractivity contribution is 6.58. The van der Waals surface area contributed by atoms with E-state index >= 15 is 0 Å². The summed E-state index contributed by atoms with van der Waals surface area (Å²) in [4.78, 5) is 0. The molecule has 0 unspecified atom stereocenters. The van der Waals surface area contributed by atoms with Crippen LogP contribution in [0.25, 0.3) is 11.1 Å². The molecule has 35 heavy (non-hydrogen) atoms. The normalized spacial score (nSPS) is 12.0. The molecule has 0 heterocycles. The quantitative estimate of drug-likeness (QED) is 0.162. The fourth-order valence-corrected chi connectivity index (χ4v) is 3.42. The Morgan fingerprint density at radius 1 is 0.457 bits per heavy atom. The monoisotopic (exact) mass is 517 g/mol. The fourth-order valence-electron chi connectivity index (χ4n) is 3.42. The Bertz CT molecular complexity index is 1330. The Morgan fingerprint density at radius 2 is 0.800 bits per heavy atom. The minimum atomic E-state index is -2.75. The lowest BCUT2D eigenvalue weighted by Crippen LogP contribution is -2.40. The van der Waals surface area contributed by atoms with E-state index in [9.17, 15) is 57.1 Å². The molecular weight excluding hydrogens is 510 g/mol. The van der Waals surface area contributed by atoms with Gasteiger partial charge in [0.05, 0.1) is 5.56 Å². The molecule has 3 aromatic carbocycles. The summed E-state index contributed by atoms with van der Waals surface area (Å²) in [6.07, 6.45) is 0. The van der Waals surface area contributed by atoms with Gasteiger partial charge < -0.3 is 0 Å².